The number of rotatable bonds is 0. The fraction of sp³-hybridized carbons (Fsp3) is 1.00. The Hall–Kier alpha value is -0.0400. The molecule has 0 N–H and O–H groups in total. The second-order valence-electron chi connectivity index (χ2n) is 3.77. The molecule has 2 rings (SSSR count). The fourth-order valence-corrected chi connectivity index (χ4v) is 2.40. The van der Waals surface area contributed by atoms with Crippen LogP contribution in [-0.4, -0.2) is 12.2 Å². The lowest BCUT2D eigenvalue weighted by atomic mass is 9.86. The summed E-state index contributed by atoms with van der Waals surface area (Å²) < 4.78 is 5.77. The summed E-state index contributed by atoms with van der Waals surface area (Å²) in [6.07, 6.45) is 8.11. The van der Waals surface area contributed by atoms with E-state index in [1.54, 1.807) is 0 Å². The average Bonchev–Trinajstić information content (AvgIpc) is 2.27. The van der Waals surface area contributed by atoms with Gasteiger partial charge in [-0.25, -0.2) is 0 Å². The summed E-state index contributed by atoms with van der Waals surface area (Å²) in [5, 5.41) is 0. The Bertz CT molecular complexity index is 108. The monoisotopic (exact) mass is 140 g/mol. The van der Waals surface area contributed by atoms with Crippen LogP contribution in [0.15, 0.2) is 0 Å². The summed E-state index contributed by atoms with van der Waals surface area (Å²) in [6, 6.07) is 0. The van der Waals surface area contributed by atoms with Gasteiger partial charge in [0.25, 0.3) is 0 Å². The van der Waals surface area contributed by atoms with Gasteiger partial charge in [0.1, 0.15) is 0 Å². The lowest BCUT2D eigenvalue weighted by Gasteiger charge is -2.23. The molecule has 1 nitrogen and oxygen atoms in total. The first-order valence-corrected chi connectivity index (χ1v) is 4.52. The van der Waals surface area contributed by atoms with Crippen LogP contribution in [0.4, 0.5) is 0 Å². The normalized spacial score (nSPS) is 47.1. The van der Waals surface area contributed by atoms with Crippen LogP contribution in [0.2, 0.25) is 0 Å². The average molecular weight is 140 g/mol. The van der Waals surface area contributed by atoms with Crippen LogP contribution in [0.1, 0.15) is 39.0 Å². The molecule has 1 saturated carbocycles. The van der Waals surface area contributed by atoms with E-state index < -0.39 is 0 Å². The minimum Gasteiger partial charge on any atom is -0.375 e. The molecule has 2 fully saturated rings. The molecule has 0 aromatic rings. The van der Waals surface area contributed by atoms with E-state index in [1.807, 2.05) is 0 Å². The van der Waals surface area contributed by atoms with Crippen LogP contribution < -0.4 is 0 Å². The summed E-state index contributed by atoms with van der Waals surface area (Å²) in [6.45, 7) is 2.21. The third-order valence-corrected chi connectivity index (χ3v) is 2.88. The minimum atomic E-state index is 0.549. The molecule has 0 aromatic heterocycles. The molecule has 58 valence electrons. The third-order valence-electron chi connectivity index (χ3n) is 2.88. The fourth-order valence-electron chi connectivity index (χ4n) is 2.40. The molecule has 1 aliphatic heterocycles. The Morgan fingerprint density at radius 2 is 2.00 bits per heavy atom. The maximum atomic E-state index is 5.77. The van der Waals surface area contributed by atoms with E-state index >= 15 is 0 Å². The van der Waals surface area contributed by atoms with Gasteiger partial charge in [0.2, 0.25) is 0 Å². The molecule has 0 spiro atoms. The minimum absolute atomic E-state index is 0.549. The lowest BCUT2D eigenvalue weighted by Crippen LogP contribution is -2.19. The van der Waals surface area contributed by atoms with Gasteiger partial charge in [-0.3, -0.25) is 0 Å². The Kier molecular flexibility index (Phi) is 1.69. The SMILES string of the molecule is C[C@@H]1C[C@H]2CCCC[C@H]2O1. The third kappa shape index (κ3) is 1.07. The first-order valence-electron chi connectivity index (χ1n) is 4.52. The zero-order chi connectivity index (χ0) is 6.97. The van der Waals surface area contributed by atoms with Gasteiger partial charge in [-0.2, -0.15) is 0 Å². The quantitative estimate of drug-likeness (QED) is 0.502. The summed E-state index contributed by atoms with van der Waals surface area (Å²) >= 11 is 0. The highest BCUT2D eigenvalue weighted by molar-refractivity contribution is 4.83. The molecule has 1 heteroatoms. The zero-order valence-corrected chi connectivity index (χ0v) is 6.68. The molecular weight excluding hydrogens is 124 g/mol. The summed E-state index contributed by atoms with van der Waals surface area (Å²) in [7, 11) is 0. The van der Waals surface area contributed by atoms with E-state index in [2.05, 4.69) is 6.92 Å². The molecule has 1 heterocycles. The van der Waals surface area contributed by atoms with Gasteiger partial charge < -0.3 is 4.74 Å². The van der Waals surface area contributed by atoms with Crippen molar-refractivity contribution in [2.45, 2.75) is 51.2 Å². The Morgan fingerprint density at radius 1 is 1.20 bits per heavy atom. The largest absolute Gasteiger partial charge is 0.375 e. The van der Waals surface area contributed by atoms with E-state index in [4.69, 9.17) is 4.74 Å². The summed E-state index contributed by atoms with van der Waals surface area (Å²) in [5.74, 6) is 0.920. The Morgan fingerprint density at radius 3 is 2.80 bits per heavy atom. The van der Waals surface area contributed by atoms with E-state index in [0.717, 1.165) is 5.92 Å². The molecule has 10 heavy (non-hydrogen) atoms. The van der Waals surface area contributed by atoms with Crippen LogP contribution >= 0.6 is 0 Å². The lowest BCUT2D eigenvalue weighted by molar-refractivity contribution is 0.0272. The van der Waals surface area contributed by atoms with Gasteiger partial charge in [-0.1, -0.05) is 12.8 Å². The van der Waals surface area contributed by atoms with Crippen molar-refractivity contribution in [1.29, 1.82) is 0 Å². The first-order chi connectivity index (χ1) is 4.86. The van der Waals surface area contributed by atoms with Gasteiger partial charge in [0, 0.05) is 0 Å². The second-order valence-corrected chi connectivity index (χ2v) is 3.77. The van der Waals surface area contributed by atoms with Crippen molar-refractivity contribution in [1.82, 2.24) is 0 Å². The van der Waals surface area contributed by atoms with Crippen LogP contribution in [0.5, 0.6) is 0 Å². The van der Waals surface area contributed by atoms with Gasteiger partial charge >= 0.3 is 0 Å². The van der Waals surface area contributed by atoms with Gasteiger partial charge in [0.15, 0.2) is 0 Å². The Labute approximate surface area is 62.8 Å². The smallest absolute Gasteiger partial charge is 0.0607 e. The van der Waals surface area contributed by atoms with Crippen LogP contribution in [0, 0.1) is 5.92 Å². The van der Waals surface area contributed by atoms with Crippen LogP contribution in [0.25, 0.3) is 0 Å². The first kappa shape index (κ1) is 6.66. The van der Waals surface area contributed by atoms with Gasteiger partial charge in [-0.15, -0.1) is 0 Å². The predicted octanol–water partition coefficient (Wildman–Crippen LogP) is 2.35. The van der Waals surface area contributed by atoms with Crippen LogP contribution in [0.3, 0.4) is 0 Å². The molecule has 1 aliphatic carbocycles. The molecule has 3 atom stereocenters. The molecule has 0 unspecified atom stereocenters. The standard InChI is InChI=1S/C9H16O/c1-7-6-8-4-2-3-5-9(8)10-7/h7-9H,2-6H2,1H3/t7-,8-,9-/m1/s1. The van der Waals surface area contributed by atoms with Crippen LogP contribution in [-0.2, 0) is 4.74 Å². The van der Waals surface area contributed by atoms with E-state index in [0.29, 0.717) is 12.2 Å². The molecule has 0 bridgehead atoms. The maximum Gasteiger partial charge on any atom is 0.0607 e. The highest BCUT2D eigenvalue weighted by atomic mass is 16.5. The van der Waals surface area contributed by atoms with E-state index in [-0.39, 0.29) is 0 Å². The van der Waals surface area contributed by atoms with E-state index in [1.165, 1.54) is 32.1 Å². The maximum absolute atomic E-state index is 5.77. The molecule has 1 saturated heterocycles. The summed E-state index contributed by atoms with van der Waals surface area (Å²) in [5.41, 5.74) is 0. The number of hydrogen-bond acceptors (Lipinski definition) is 1. The predicted molar refractivity (Wildman–Crippen MR) is 40.9 cm³/mol. The highest BCUT2D eigenvalue weighted by Crippen LogP contribution is 2.36. The second kappa shape index (κ2) is 2.54. The van der Waals surface area contributed by atoms with Crippen molar-refractivity contribution >= 4 is 0 Å². The van der Waals surface area contributed by atoms with E-state index in [9.17, 15) is 0 Å². The van der Waals surface area contributed by atoms with Gasteiger partial charge in [-0.05, 0) is 32.1 Å². The van der Waals surface area contributed by atoms with Crippen molar-refractivity contribution in [2.24, 2.45) is 5.92 Å². The van der Waals surface area contributed by atoms with Crippen molar-refractivity contribution in [3.63, 3.8) is 0 Å². The topological polar surface area (TPSA) is 9.23 Å². The molecule has 0 amide bonds. The Balaban J connectivity index is 1.97. The zero-order valence-electron chi connectivity index (χ0n) is 6.68. The van der Waals surface area contributed by atoms with Crippen molar-refractivity contribution < 1.29 is 4.74 Å². The molecular formula is C9H16O. The van der Waals surface area contributed by atoms with Gasteiger partial charge in [0.05, 0.1) is 12.2 Å². The highest BCUT2D eigenvalue weighted by Gasteiger charge is 2.34. The number of ether oxygens (including phenoxy) is 1. The van der Waals surface area contributed by atoms with Crippen molar-refractivity contribution in [3.05, 3.63) is 0 Å². The molecule has 0 radical (unpaired) electrons. The summed E-state index contributed by atoms with van der Waals surface area (Å²) in [4.78, 5) is 0. The van der Waals surface area contributed by atoms with Crippen molar-refractivity contribution in [3.8, 4) is 0 Å². The molecule has 2 aliphatic rings. The van der Waals surface area contributed by atoms with Crippen molar-refractivity contribution in [2.75, 3.05) is 0 Å². The molecule has 0 aromatic carbocycles. The number of hydrogen-bond donors (Lipinski definition) is 0. The number of fused-ring (bicyclic) bond motifs is 1.